The van der Waals surface area contributed by atoms with E-state index in [4.69, 9.17) is 0 Å². The van der Waals surface area contributed by atoms with Gasteiger partial charge in [-0.05, 0) is 74.6 Å². The first kappa shape index (κ1) is 17.8. The largest absolute Gasteiger partial charge is 0.508 e. The lowest BCUT2D eigenvalue weighted by atomic mass is 9.57. The molecule has 1 amide bonds. The molecule has 4 fully saturated rings. The van der Waals surface area contributed by atoms with Crippen LogP contribution < -0.4 is 0 Å². The zero-order valence-corrected chi connectivity index (χ0v) is 16.1. The number of sulfone groups is 1. The molecule has 142 valence electrons. The Morgan fingerprint density at radius 2 is 1.65 bits per heavy atom. The van der Waals surface area contributed by atoms with Crippen LogP contribution in [0.5, 0.6) is 5.75 Å². The SMILES string of the molecule is CC1CCN(C23CCC(CS(=O)(=O)c4ccc(O)cc4)(CC2)CC3)C1=O. The van der Waals surface area contributed by atoms with Crippen LogP contribution in [-0.4, -0.2) is 42.2 Å². The maximum absolute atomic E-state index is 12.9. The molecule has 5 nitrogen and oxygen atoms in total. The summed E-state index contributed by atoms with van der Waals surface area (Å²) >= 11 is 0. The van der Waals surface area contributed by atoms with Gasteiger partial charge in [0.15, 0.2) is 9.84 Å². The van der Waals surface area contributed by atoms with Gasteiger partial charge in [0.2, 0.25) is 5.91 Å². The van der Waals surface area contributed by atoms with Crippen LogP contribution in [-0.2, 0) is 14.6 Å². The van der Waals surface area contributed by atoms with Gasteiger partial charge in [-0.1, -0.05) is 6.92 Å². The van der Waals surface area contributed by atoms with Gasteiger partial charge in [0.1, 0.15) is 5.75 Å². The molecule has 1 N–H and O–H groups in total. The highest BCUT2D eigenvalue weighted by molar-refractivity contribution is 7.91. The van der Waals surface area contributed by atoms with Crippen molar-refractivity contribution in [2.45, 2.75) is 62.3 Å². The van der Waals surface area contributed by atoms with Gasteiger partial charge in [0.25, 0.3) is 0 Å². The normalized spacial score (nSPS) is 34.4. The fourth-order valence-electron chi connectivity index (χ4n) is 5.30. The second-order valence-electron chi connectivity index (χ2n) is 8.66. The number of fused-ring (bicyclic) bond motifs is 3. The summed E-state index contributed by atoms with van der Waals surface area (Å²) in [7, 11) is -3.37. The maximum atomic E-state index is 12.9. The van der Waals surface area contributed by atoms with Crippen LogP contribution >= 0.6 is 0 Å². The number of carbonyl (C=O) groups is 1. The van der Waals surface area contributed by atoms with Gasteiger partial charge >= 0.3 is 0 Å². The number of aromatic hydroxyl groups is 1. The van der Waals surface area contributed by atoms with Gasteiger partial charge in [-0.15, -0.1) is 0 Å². The summed E-state index contributed by atoms with van der Waals surface area (Å²) < 4.78 is 25.8. The van der Waals surface area contributed by atoms with Crippen molar-refractivity contribution in [2.75, 3.05) is 12.3 Å². The number of phenolic OH excluding ortho intramolecular Hbond substituents is 1. The molecule has 2 bridgehead atoms. The molecule has 5 rings (SSSR count). The van der Waals surface area contributed by atoms with Crippen LogP contribution in [0.2, 0.25) is 0 Å². The number of nitrogens with zero attached hydrogens (tertiary/aromatic N) is 1. The Balaban J connectivity index is 1.50. The minimum absolute atomic E-state index is 0.0219. The summed E-state index contributed by atoms with van der Waals surface area (Å²) in [6, 6.07) is 5.83. The van der Waals surface area contributed by atoms with Crippen molar-refractivity contribution < 1.29 is 18.3 Å². The van der Waals surface area contributed by atoms with E-state index in [1.165, 1.54) is 24.3 Å². The first-order valence-corrected chi connectivity index (χ1v) is 11.2. The lowest BCUT2D eigenvalue weighted by Gasteiger charge is -2.56. The Bertz CT molecular complexity index is 790. The number of hydrogen-bond acceptors (Lipinski definition) is 4. The summed E-state index contributed by atoms with van der Waals surface area (Å²) in [4.78, 5) is 14.9. The van der Waals surface area contributed by atoms with Crippen molar-refractivity contribution in [3.8, 4) is 5.75 Å². The highest BCUT2D eigenvalue weighted by Gasteiger charge is 2.54. The van der Waals surface area contributed by atoms with Crippen LogP contribution in [0.15, 0.2) is 29.2 Å². The molecule has 3 saturated carbocycles. The zero-order chi connectivity index (χ0) is 18.6. The molecule has 4 aliphatic rings. The predicted molar refractivity (Wildman–Crippen MR) is 98.5 cm³/mol. The summed E-state index contributed by atoms with van der Waals surface area (Å²) in [5, 5.41) is 9.39. The number of carbonyl (C=O) groups excluding carboxylic acids is 1. The lowest BCUT2D eigenvalue weighted by Crippen LogP contribution is -2.58. The average Bonchev–Trinajstić information content (AvgIpc) is 2.96. The molecule has 0 radical (unpaired) electrons. The van der Waals surface area contributed by atoms with Crippen molar-refractivity contribution in [2.24, 2.45) is 11.3 Å². The van der Waals surface area contributed by atoms with E-state index in [0.29, 0.717) is 0 Å². The van der Waals surface area contributed by atoms with E-state index in [0.717, 1.165) is 51.5 Å². The van der Waals surface area contributed by atoms with Crippen LogP contribution in [0.1, 0.15) is 51.9 Å². The van der Waals surface area contributed by atoms with E-state index in [1.807, 2.05) is 6.92 Å². The molecule has 26 heavy (non-hydrogen) atoms. The minimum atomic E-state index is -3.37. The van der Waals surface area contributed by atoms with Crippen molar-refractivity contribution in [3.63, 3.8) is 0 Å². The Morgan fingerprint density at radius 3 is 2.15 bits per heavy atom. The number of amides is 1. The third kappa shape index (κ3) is 2.82. The molecule has 1 unspecified atom stereocenters. The zero-order valence-electron chi connectivity index (χ0n) is 15.3. The van der Waals surface area contributed by atoms with Crippen LogP contribution in [0, 0.1) is 11.3 Å². The average molecular weight is 378 g/mol. The Hall–Kier alpha value is -1.56. The Kier molecular flexibility index (Phi) is 4.10. The van der Waals surface area contributed by atoms with Crippen LogP contribution in [0.3, 0.4) is 0 Å². The van der Waals surface area contributed by atoms with E-state index in [2.05, 4.69) is 4.90 Å². The molecule has 1 atom stereocenters. The van der Waals surface area contributed by atoms with E-state index in [1.54, 1.807) is 0 Å². The number of likely N-dealkylation sites (tertiary alicyclic amines) is 1. The quantitative estimate of drug-likeness (QED) is 0.875. The summed E-state index contributed by atoms with van der Waals surface area (Å²) in [6.45, 7) is 2.87. The molecule has 1 aromatic rings. The van der Waals surface area contributed by atoms with E-state index in [9.17, 15) is 18.3 Å². The molecule has 6 heteroatoms. The molecule has 0 aromatic heterocycles. The topological polar surface area (TPSA) is 74.7 Å². The lowest BCUT2D eigenvalue weighted by molar-refractivity contribution is -0.142. The van der Waals surface area contributed by atoms with Crippen molar-refractivity contribution in [1.29, 1.82) is 0 Å². The van der Waals surface area contributed by atoms with Crippen molar-refractivity contribution >= 4 is 15.7 Å². The molecule has 1 saturated heterocycles. The number of benzene rings is 1. The van der Waals surface area contributed by atoms with Crippen molar-refractivity contribution in [1.82, 2.24) is 4.90 Å². The Morgan fingerprint density at radius 1 is 1.08 bits per heavy atom. The number of rotatable bonds is 4. The number of hydrogen-bond donors (Lipinski definition) is 1. The standard InChI is InChI=1S/C20H27NO4S/c1-15-6-13-21(18(15)23)20-10-7-19(8-11-20,9-12-20)14-26(24,25)17-4-2-16(22)3-5-17/h2-5,15,22H,6-14H2,1H3. The van der Waals surface area contributed by atoms with Gasteiger partial charge in [0.05, 0.1) is 10.6 Å². The fourth-order valence-corrected chi connectivity index (χ4v) is 7.25. The maximum Gasteiger partial charge on any atom is 0.225 e. The first-order chi connectivity index (χ1) is 12.3. The summed E-state index contributed by atoms with van der Waals surface area (Å²) in [6.07, 6.45) is 6.36. The Labute approximate surface area is 155 Å². The van der Waals surface area contributed by atoms with Crippen molar-refractivity contribution in [3.05, 3.63) is 24.3 Å². The minimum Gasteiger partial charge on any atom is -0.508 e. The highest BCUT2D eigenvalue weighted by atomic mass is 32.2. The van der Waals surface area contributed by atoms with E-state index < -0.39 is 9.84 Å². The number of phenols is 1. The second kappa shape index (κ2) is 5.98. The van der Waals surface area contributed by atoms with Gasteiger partial charge in [0, 0.05) is 18.0 Å². The third-order valence-electron chi connectivity index (χ3n) is 7.10. The van der Waals surface area contributed by atoms with E-state index in [-0.39, 0.29) is 39.2 Å². The van der Waals surface area contributed by atoms with Gasteiger partial charge in [-0.3, -0.25) is 4.79 Å². The molecular formula is C20H27NO4S. The first-order valence-electron chi connectivity index (χ1n) is 9.59. The summed E-state index contributed by atoms with van der Waals surface area (Å²) in [5.74, 6) is 0.668. The van der Waals surface area contributed by atoms with Crippen LogP contribution in [0.25, 0.3) is 0 Å². The second-order valence-corrected chi connectivity index (χ2v) is 10.6. The highest BCUT2D eigenvalue weighted by Crippen LogP contribution is 2.56. The van der Waals surface area contributed by atoms with Gasteiger partial charge in [-0.2, -0.15) is 0 Å². The predicted octanol–water partition coefficient (Wildman–Crippen LogP) is 3.13. The van der Waals surface area contributed by atoms with Crippen LogP contribution in [0.4, 0.5) is 0 Å². The fraction of sp³-hybridized carbons (Fsp3) is 0.650. The third-order valence-corrected chi connectivity index (χ3v) is 9.08. The molecule has 3 aliphatic carbocycles. The summed E-state index contributed by atoms with van der Waals surface area (Å²) in [5.41, 5.74) is -0.182. The van der Waals surface area contributed by atoms with E-state index >= 15 is 0 Å². The molecule has 0 spiro atoms. The molecule has 1 heterocycles. The molecule has 1 aliphatic heterocycles. The van der Waals surface area contributed by atoms with Gasteiger partial charge in [-0.25, -0.2) is 8.42 Å². The molecular weight excluding hydrogens is 350 g/mol. The van der Waals surface area contributed by atoms with Gasteiger partial charge < -0.3 is 10.0 Å². The smallest absolute Gasteiger partial charge is 0.225 e. The molecule has 1 aromatic carbocycles. The monoisotopic (exact) mass is 377 g/mol.